The first-order valence-electron chi connectivity index (χ1n) is 9.40. The number of pyridine rings is 1. The molecule has 4 rings (SSSR count). The molecule has 0 amide bonds. The highest BCUT2D eigenvalue weighted by atomic mass is 15.1. The Morgan fingerprint density at radius 3 is 2.63 bits per heavy atom. The van der Waals surface area contributed by atoms with Crippen LogP contribution in [0, 0.1) is 13.8 Å². The molecule has 1 aliphatic rings. The fourth-order valence-electron chi connectivity index (χ4n) is 3.70. The number of nitrogens with zero attached hydrogens (tertiary/aromatic N) is 5. The number of aryl methyl sites for hydroxylation is 2. The lowest BCUT2D eigenvalue weighted by molar-refractivity contribution is 0.203. The van der Waals surface area contributed by atoms with Gasteiger partial charge in [-0.15, -0.1) is 0 Å². The van der Waals surface area contributed by atoms with E-state index in [1.54, 1.807) is 6.33 Å². The first kappa shape index (κ1) is 17.6. The maximum atomic E-state index is 4.44. The molecule has 7 nitrogen and oxygen atoms in total. The Morgan fingerprint density at radius 2 is 1.93 bits per heavy atom. The van der Waals surface area contributed by atoms with Crippen LogP contribution in [0.15, 0.2) is 36.9 Å². The smallest absolute Gasteiger partial charge is 0.228 e. The molecule has 0 aliphatic carbocycles. The fraction of sp³-hybridized carbons (Fsp3) is 0.400. The highest BCUT2D eigenvalue weighted by Gasteiger charge is 2.21. The van der Waals surface area contributed by atoms with Crippen LogP contribution in [0.5, 0.6) is 0 Å². The van der Waals surface area contributed by atoms with Crippen molar-refractivity contribution < 1.29 is 0 Å². The molecule has 27 heavy (non-hydrogen) atoms. The first-order valence-corrected chi connectivity index (χ1v) is 9.40. The Labute approximate surface area is 159 Å². The molecule has 1 fully saturated rings. The number of rotatable bonds is 5. The van der Waals surface area contributed by atoms with Gasteiger partial charge >= 0.3 is 0 Å². The summed E-state index contributed by atoms with van der Waals surface area (Å²) in [5.74, 6) is 1.97. The van der Waals surface area contributed by atoms with Crippen LogP contribution in [0.2, 0.25) is 0 Å². The summed E-state index contributed by atoms with van der Waals surface area (Å²) in [4.78, 5) is 23.1. The van der Waals surface area contributed by atoms with Crippen LogP contribution in [-0.4, -0.2) is 42.9 Å². The average Bonchev–Trinajstić information content (AvgIpc) is 3.15. The summed E-state index contributed by atoms with van der Waals surface area (Å²) in [7, 11) is 0. The minimum atomic E-state index is 0.562. The van der Waals surface area contributed by atoms with E-state index in [1.165, 1.54) is 11.3 Å². The van der Waals surface area contributed by atoms with E-state index in [0.29, 0.717) is 11.9 Å². The van der Waals surface area contributed by atoms with Crippen molar-refractivity contribution in [2.45, 2.75) is 39.2 Å². The third-order valence-corrected chi connectivity index (χ3v) is 5.01. The normalized spacial score (nSPS) is 15.8. The number of aromatic nitrogens is 5. The van der Waals surface area contributed by atoms with E-state index in [2.05, 4.69) is 47.3 Å². The second kappa shape index (κ2) is 7.84. The quantitative estimate of drug-likeness (QED) is 0.723. The van der Waals surface area contributed by atoms with Gasteiger partial charge in [-0.25, -0.2) is 19.9 Å². The predicted octanol–water partition coefficient (Wildman–Crippen LogP) is 3.33. The van der Waals surface area contributed by atoms with Gasteiger partial charge in [0.1, 0.15) is 5.82 Å². The maximum absolute atomic E-state index is 4.44. The lowest BCUT2D eigenvalue weighted by Gasteiger charge is -2.31. The van der Waals surface area contributed by atoms with Gasteiger partial charge in [-0.05, 0) is 69.5 Å². The Morgan fingerprint density at radius 1 is 1.15 bits per heavy atom. The third kappa shape index (κ3) is 4.49. The molecule has 0 saturated carbocycles. The number of piperidine rings is 1. The molecule has 0 unspecified atom stereocenters. The molecule has 3 aromatic heterocycles. The number of likely N-dealkylation sites (tertiary alicyclic amines) is 1. The summed E-state index contributed by atoms with van der Waals surface area (Å²) in [6.07, 6.45) is 7.82. The lowest BCUT2D eigenvalue weighted by atomic mass is 9.90. The zero-order valence-corrected chi connectivity index (χ0v) is 15.8. The first-order chi connectivity index (χ1) is 13.2. The Bertz CT molecular complexity index is 863. The fourth-order valence-corrected chi connectivity index (χ4v) is 3.70. The third-order valence-electron chi connectivity index (χ3n) is 5.01. The molecule has 1 saturated heterocycles. The van der Waals surface area contributed by atoms with E-state index in [0.717, 1.165) is 49.7 Å². The van der Waals surface area contributed by atoms with Crippen LogP contribution >= 0.6 is 0 Å². The zero-order valence-electron chi connectivity index (χ0n) is 15.8. The highest BCUT2D eigenvalue weighted by molar-refractivity contribution is 5.49. The molecule has 7 heteroatoms. The Hall–Kier alpha value is -2.80. The summed E-state index contributed by atoms with van der Waals surface area (Å²) in [6.45, 7) is 7.07. The van der Waals surface area contributed by atoms with Crippen molar-refractivity contribution in [1.29, 1.82) is 0 Å². The van der Waals surface area contributed by atoms with Crippen molar-refractivity contribution in [2.75, 3.05) is 18.4 Å². The van der Waals surface area contributed by atoms with Gasteiger partial charge in [-0.3, -0.25) is 4.90 Å². The molecular formula is C20H25N7. The van der Waals surface area contributed by atoms with Gasteiger partial charge in [0.25, 0.3) is 0 Å². The van der Waals surface area contributed by atoms with Crippen LogP contribution in [0.3, 0.4) is 0 Å². The van der Waals surface area contributed by atoms with Crippen LogP contribution in [0.25, 0.3) is 0 Å². The monoisotopic (exact) mass is 363 g/mol. The minimum Gasteiger partial charge on any atom is -0.347 e. The van der Waals surface area contributed by atoms with Gasteiger partial charge in [0.05, 0.1) is 6.33 Å². The van der Waals surface area contributed by atoms with Gasteiger partial charge in [0.2, 0.25) is 5.95 Å². The summed E-state index contributed by atoms with van der Waals surface area (Å²) < 4.78 is 0. The zero-order chi connectivity index (χ0) is 18.6. The van der Waals surface area contributed by atoms with Crippen molar-refractivity contribution in [1.82, 2.24) is 29.8 Å². The van der Waals surface area contributed by atoms with Gasteiger partial charge in [0.15, 0.2) is 0 Å². The summed E-state index contributed by atoms with van der Waals surface area (Å²) in [5, 5.41) is 3.25. The number of aromatic amines is 1. The summed E-state index contributed by atoms with van der Waals surface area (Å²) in [5.41, 5.74) is 4.41. The largest absolute Gasteiger partial charge is 0.347 e. The predicted molar refractivity (Wildman–Crippen MR) is 105 cm³/mol. The van der Waals surface area contributed by atoms with Crippen LogP contribution in [0.4, 0.5) is 11.8 Å². The average molecular weight is 363 g/mol. The highest BCUT2D eigenvalue weighted by Crippen LogP contribution is 2.29. The van der Waals surface area contributed by atoms with Crippen molar-refractivity contribution >= 4 is 11.8 Å². The SMILES string of the molecule is Cc1cc(C)nc(Nc2cc(C3CCN(Cc4cnc[nH]4)CC3)ccn2)n1. The van der Waals surface area contributed by atoms with E-state index in [1.807, 2.05) is 32.3 Å². The molecule has 140 valence electrons. The van der Waals surface area contributed by atoms with Crippen LogP contribution in [0.1, 0.15) is 41.4 Å². The van der Waals surface area contributed by atoms with Crippen molar-refractivity contribution in [3.63, 3.8) is 0 Å². The molecule has 0 atom stereocenters. The topological polar surface area (TPSA) is 82.6 Å². The number of hydrogen-bond acceptors (Lipinski definition) is 6. The number of nitrogens with one attached hydrogen (secondary N) is 2. The van der Waals surface area contributed by atoms with E-state index < -0.39 is 0 Å². The molecule has 0 bridgehead atoms. The minimum absolute atomic E-state index is 0.562. The Balaban J connectivity index is 1.39. The molecule has 0 spiro atoms. The molecule has 2 N–H and O–H groups in total. The van der Waals surface area contributed by atoms with E-state index in [-0.39, 0.29) is 0 Å². The molecule has 0 radical (unpaired) electrons. The van der Waals surface area contributed by atoms with Crippen LogP contribution in [-0.2, 0) is 6.54 Å². The van der Waals surface area contributed by atoms with Gasteiger partial charge in [0, 0.05) is 36.0 Å². The molecule has 3 aromatic rings. The van der Waals surface area contributed by atoms with E-state index >= 15 is 0 Å². The Kier molecular flexibility index (Phi) is 5.11. The second-order valence-electron chi connectivity index (χ2n) is 7.20. The van der Waals surface area contributed by atoms with Crippen molar-refractivity contribution in [2.24, 2.45) is 0 Å². The molecule has 0 aromatic carbocycles. The van der Waals surface area contributed by atoms with E-state index in [9.17, 15) is 0 Å². The summed E-state index contributed by atoms with van der Waals surface area (Å²) in [6, 6.07) is 6.23. The summed E-state index contributed by atoms with van der Waals surface area (Å²) >= 11 is 0. The number of imidazole rings is 1. The van der Waals surface area contributed by atoms with Gasteiger partial charge in [-0.1, -0.05) is 0 Å². The number of H-pyrrole nitrogens is 1. The van der Waals surface area contributed by atoms with Crippen molar-refractivity contribution in [3.05, 3.63) is 59.6 Å². The number of anilines is 2. The second-order valence-corrected chi connectivity index (χ2v) is 7.20. The van der Waals surface area contributed by atoms with Gasteiger partial charge in [-0.2, -0.15) is 0 Å². The van der Waals surface area contributed by atoms with Crippen LogP contribution < -0.4 is 5.32 Å². The number of hydrogen-bond donors (Lipinski definition) is 2. The standard InChI is InChI=1S/C20H25N7/c1-14-9-15(2)25-20(24-14)26-19-10-17(3-6-22-19)16-4-7-27(8-5-16)12-18-11-21-13-23-18/h3,6,9-11,13,16H,4-5,7-8,12H2,1-2H3,(H,21,23)(H,22,24,25,26). The van der Waals surface area contributed by atoms with Crippen molar-refractivity contribution in [3.8, 4) is 0 Å². The molecule has 4 heterocycles. The molecule has 1 aliphatic heterocycles. The van der Waals surface area contributed by atoms with Gasteiger partial charge < -0.3 is 10.3 Å². The lowest BCUT2D eigenvalue weighted by Crippen LogP contribution is -2.32. The molecular weight excluding hydrogens is 338 g/mol. The van der Waals surface area contributed by atoms with E-state index in [4.69, 9.17) is 0 Å². The maximum Gasteiger partial charge on any atom is 0.228 e.